The average Bonchev–Trinajstić information content (AvgIpc) is 2.50. The molecule has 13 heavy (non-hydrogen) atoms. The van der Waals surface area contributed by atoms with E-state index in [9.17, 15) is 8.42 Å². The topological polar surface area (TPSA) is 85.1 Å². The maximum atomic E-state index is 10.6. The van der Waals surface area contributed by atoms with Crippen LogP contribution in [0.3, 0.4) is 0 Å². The second-order valence-electron chi connectivity index (χ2n) is 3.12. The van der Waals surface area contributed by atoms with Gasteiger partial charge in [-0.15, -0.1) is 10.2 Å². The van der Waals surface area contributed by atoms with Gasteiger partial charge in [-0.25, -0.2) is 0 Å². The molecule has 0 aromatic carbocycles. The fraction of sp³-hybridized carbons (Fsp3) is 0.667. The highest BCUT2D eigenvalue weighted by Crippen LogP contribution is 2.26. The zero-order valence-electron chi connectivity index (χ0n) is 6.79. The van der Waals surface area contributed by atoms with Gasteiger partial charge in [-0.3, -0.25) is 4.55 Å². The molecular formula is C6H9N3O3S. The second-order valence-corrected chi connectivity index (χ2v) is 4.61. The van der Waals surface area contributed by atoms with Crippen molar-refractivity contribution in [2.45, 2.75) is 18.9 Å². The van der Waals surface area contributed by atoms with Gasteiger partial charge in [-0.1, -0.05) is 0 Å². The summed E-state index contributed by atoms with van der Waals surface area (Å²) in [6, 6.07) is 0. The molecule has 1 aromatic heterocycles. The second kappa shape index (κ2) is 2.78. The van der Waals surface area contributed by atoms with E-state index in [-0.39, 0.29) is 11.7 Å². The lowest BCUT2D eigenvalue weighted by Gasteiger charge is -2.03. The Balaban J connectivity index is 2.22. The molecule has 0 bridgehead atoms. The summed E-state index contributed by atoms with van der Waals surface area (Å²) in [6.07, 6.45) is 2.27. The summed E-state index contributed by atoms with van der Waals surface area (Å²) in [5.41, 5.74) is 0. The third-order valence-electron chi connectivity index (χ3n) is 2.14. The molecule has 1 aromatic rings. The van der Waals surface area contributed by atoms with Crippen molar-refractivity contribution in [3.8, 4) is 0 Å². The highest BCUT2D eigenvalue weighted by Gasteiger charge is 2.28. The van der Waals surface area contributed by atoms with Crippen LogP contribution in [-0.2, 0) is 16.7 Å². The van der Waals surface area contributed by atoms with Crippen LogP contribution in [0.5, 0.6) is 0 Å². The first-order chi connectivity index (χ1) is 6.06. The predicted molar refractivity (Wildman–Crippen MR) is 43.8 cm³/mol. The summed E-state index contributed by atoms with van der Waals surface area (Å²) >= 11 is 0. The molecule has 72 valence electrons. The minimum atomic E-state index is -3.91. The van der Waals surface area contributed by atoms with Crippen molar-refractivity contribution < 1.29 is 13.0 Å². The Morgan fingerprint density at radius 1 is 1.69 bits per heavy atom. The normalized spacial score (nSPS) is 21.8. The van der Waals surface area contributed by atoms with Gasteiger partial charge in [-0.05, 0) is 6.42 Å². The summed E-state index contributed by atoms with van der Waals surface area (Å²) in [4.78, 5) is 0. The van der Waals surface area contributed by atoms with E-state index >= 15 is 0 Å². The van der Waals surface area contributed by atoms with Gasteiger partial charge in [0.1, 0.15) is 12.2 Å². The van der Waals surface area contributed by atoms with Gasteiger partial charge < -0.3 is 4.57 Å². The molecule has 1 atom stereocenters. The first-order valence-electron chi connectivity index (χ1n) is 3.89. The minimum absolute atomic E-state index is 0.211. The molecule has 2 heterocycles. The van der Waals surface area contributed by atoms with Gasteiger partial charge in [0.25, 0.3) is 10.1 Å². The molecule has 0 amide bonds. The molecule has 1 aliphatic rings. The Morgan fingerprint density at radius 3 is 3.15 bits per heavy atom. The molecule has 6 nitrogen and oxygen atoms in total. The standard InChI is InChI=1S/C6H9N3O3S/c10-13(11,12)3-5-1-2-9-4-7-8-6(5)9/h4-5H,1-3H2,(H,10,11,12)/t5-/m1/s1. The van der Waals surface area contributed by atoms with Crippen molar-refractivity contribution in [3.63, 3.8) is 0 Å². The molecule has 0 spiro atoms. The first-order valence-corrected chi connectivity index (χ1v) is 5.50. The molecule has 0 saturated carbocycles. The molecule has 0 unspecified atom stereocenters. The van der Waals surface area contributed by atoms with E-state index in [4.69, 9.17) is 4.55 Å². The van der Waals surface area contributed by atoms with Crippen molar-refractivity contribution >= 4 is 10.1 Å². The van der Waals surface area contributed by atoms with Crippen molar-refractivity contribution in [1.82, 2.24) is 14.8 Å². The zero-order valence-corrected chi connectivity index (χ0v) is 7.61. The van der Waals surface area contributed by atoms with E-state index in [1.54, 1.807) is 10.9 Å². The third kappa shape index (κ3) is 1.70. The van der Waals surface area contributed by atoms with Crippen LogP contribution >= 0.6 is 0 Å². The maximum Gasteiger partial charge on any atom is 0.265 e. The summed E-state index contributed by atoms with van der Waals surface area (Å²) in [7, 11) is -3.91. The van der Waals surface area contributed by atoms with Crippen LogP contribution in [0.1, 0.15) is 18.2 Å². The molecule has 2 rings (SSSR count). The van der Waals surface area contributed by atoms with Gasteiger partial charge in [-0.2, -0.15) is 8.42 Å². The number of hydrogen-bond acceptors (Lipinski definition) is 4. The third-order valence-corrected chi connectivity index (χ3v) is 2.96. The van der Waals surface area contributed by atoms with Crippen molar-refractivity contribution in [2.75, 3.05) is 5.75 Å². The van der Waals surface area contributed by atoms with Gasteiger partial charge >= 0.3 is 0 Å². The molecule has 0 aliphatic carbocycles. The predicted octanol–water partition coefficient (Wildman–Crippen LogP) is -0.347. The molecule has 0 radical (unpaired) electrons. The Hall–Kier alpha value is -0.950. The zero-order chi connectivity index (χ0) is 9.47. The Labute approximate surface area is 75.3 Å². The largest absolute Gasteiger partial charge is 0.317 e. The number of nitrogens with zero attached hydrogens (tertiary/aromatic N) is 3. The number of aromatic nitrogens is 3. The minimum Gasteiger partial charge on any atom is -0.317 e. The number of hydrogen-bond donors (Lipinski definition) is 1. The first kappa shape index (κ1) is 8.64. The van der Waals surface area contributed by atoms with Gasteiger partial charge in [0.2, 0.25) is 0 Å². The van der Waals surface area contributed by atoms with Gasteiger partial charge in [0.15, 0.2) is 0 Å². The van der Waals surface area contributed by atoms with Crippen molar-refractivity contribution in [3.05, 3.63) is 12.2 Å². The highest BCUT2D eigenvalue weighted by atomic mass is 32.2. The molecule has 7 heteroatoms. The van der Waals surface area contributed by atoms with Crippen LogP contribution in [0.2, 0.25) is 0 Å². The Kier molecular flexibility index (Phi) is 1.85. The fourth-order valence-electron chi connectivity index (χ4n) is 1.59. The SMILES string of the molecule is O=S(=O)(O)C[C@H]1CCn2cnnc21. The van der Waals surface area contributed by atoms with Crippen LogP contribution in [0.4, 0.5) is 0 Å². The van der Waals surface area contributed by atoms with E-state index in [1.807, 2.05) is 0 Å². The van der Waals surface area contributed by atoms with Gasteiger partial charge in [0, 0.05) is 12.5 Å². The lowest BCUT2D eigenvalue weighted by molar-refractivity contribution is 0.475. The van der Waals surface area contributed by atoms with E-state index < -0.39 is 10.1 Å². The van der Waals surface area contributed by atoms with Gasteiger partial charge in [0.05, 0.1) is 5.75 Å². The molecule has 0 fully saturated rings. The summed E-state index contributed by atoms with van der Waals surface area (Å²) in [5, 5.41) is 7.46. The summed E-state index contributed by atoms with van der Waals surface area (Å²) in [6.45, 7) is 0.725. The quantitative estimate of drug-likeness (QED) is 0.664. The lowest BCUT2D eigenvalue weighted by atomic mass is 10.1. The summed E-state index contributed by atoms with van der Waals surface area (Å²) in [5.74, 6) is 0.182. The fourth-order valence-corrected chi connectivity index (χ4v) is 2.41. The van der Waals surface area contributed by atoms with Crippen molar-refractivity contribution in [1.29, 1.82) is 0 Å². The number of aryl methyl sites for hydroxylation is 1. The lowest BCUT2D eigenvalue weighted by Crippen LogP contribution is -2.12. The number of fused-ring (bicyclic) bond motifs is 1. The van der Waals surface area contributed by atoms with Crippen molar-refractivity contribution in [2.24, 2.45) is 0 Å². The monoisotopic (exact) mass is 203 g/mol. The smallest absolute Gasteiger partial charge is 0.265 e. The molecule has 1 N–H and O–H groups in total. The van der Waals surface area contributed by atoms with Crippen LogP contribution < -0.4 is 0 Å². The van der Waals surface area contributed by atoms with E-state index in [0.29, 0.717) is 12.2 Å². The maximum absolute atomic E-state index is 10.6. The van der Waals surface area contributed by atoms with Crippen LogP contribution in [0, 0.1) is 0 Å². The molecular weight excluding hydrogens is 194 g/mol. The summed E-state index contributed by atoms with van der Waals surface area (Å²) < 4.78 is 31.7. The highest BCUT2D eigenvalue weighted by molar-refractivity contribution is 7.85. The average molecular weight is 203 g/mol. The van der Waals surface area contributed by atoms with E-state index in [2.05, 4.69) is 10.2 Å². The van der Waals surface area contributed by atoms with Crippen LogP contribution in [-0.4, -0.2) is 33.5 Å². The van der Waals surface area contributed by atoms with Crippen LogP contribution in [0.15, 0.2) is 6.33 Å². The molecule has 0 saturated heterocycles. The number of rotatable bonds is 2. The van der Waals surface area contributed by atoms with Crippen LogP contribution in [0.25, 0.3) is 0 Å². The Morgan fingerprint density at radius 2 is 2.46 bits per heavy atom. The Bertz CT molecular complexity index is 411. The van der Waals surface area contributed by atoms with E-state index in [1.165, 1.54) is 0 Å². The molecule has 1 aliphatic heterocycles. The van der Waals surface area contributed by atoms with E-state index in [0.717, 1.165) is 6.54 Å².